The summed E-state index contributed by atoms with van der Waals surface area (Å²) < 4.78 is 22.0. The first-order chi connectivity index (χ1) is 11.3. The molecule has 0 saturated carbocycles. The molecular formula is C16H22ClN3O3S2. The number of aromatic nitrogens is 1. The number of carbonyl (C=O) groups is 1. The van der Waals surface area contributed by atoms with E-state index in [9.17, 15) is 13.2 Å². The lowest BCUT2D eigenvalue weighted by Gasteiger charge is -2.03. The molecule has 1 heterocycles. The van der Waals surface area contributed by atoms with Crippen LogP contribution in [-0.2, 0) is 23.0 Å². The number of hydrogen-bond donors (Lipinski definition) is 2. The zero-order chi connectivity index (χ0) is 17.6. The fraction of sp³-hybridized carbons (Fsp3) is 0.375. The highest BCUT2D eigenvalue weighted by Gasteiger charge is 2.19. The number of nitrogens with zero attached hydrogens (tertiary/aromatic N) is 1. The molecule has 0 fully saturated rings. The Bertz CT molecular complexity index is 792. The number of ketones is 1. The second kappa shape index (κ2) is 9.98. The molecule has 0 atom stereocenters. The summed E-state index contributed by atoms with van der Waals surface area (Å²) in [5, 5.41) is 8.97. The van der Waals surface area contributed by atoms with E-state index < -0.39 is 21.6 Å². The normalized spacial score (nSPS) is 11.1. The lowest BCUT2D eigenvalue weighted by atomic mass is 10.1. The van der Waals surface area contributed by atoms with Crippen molar-refractivity contribution in [3.05, 3.63) is 51.5 Å². The molecule has 3 N–H and O–H groups in total. The van der Waals surface area contributed by atoms with Crippen LogP contribution in [0.2, 0.25) is 0 Å². The molecule has 9 heteroatoms. The summed E-state index contributed by atoms with van der Waals surface area (Å²) in [5.74, 6) is -1.26. The second-order valence-electron chi connectivity index (χ2n) is 5.51. The highest BCUT2D eigenvalue weighted by atomic mass is 35.5. The number of Topliss-reactive ketones (excluding diaryl/α,β-unsaturated/α-hetero) is 1. The first kappa shape index (κ1) is 21.7. The fourth-order valence-electron chi connectivity index (χ4n) is 2.29. The molecule has 0 saturated heterocycles. The van der Waals surface area contributed by atoms with Crippen molar-refractivity contribution in [2.75, 3.05) is 12.3 Å². The maximum atomic E-state index is 11.9. The zero-order valence-corrected chi connectivity index (χ0v) is 16.3. The van der Waals surface area contributed by atoms with Gasteiger partial charge in [-0.05, 0) is 31.9 Å². The zero-order valence-electron chi connectivity index (χ0n) is 13.9. The second-order valence-corrected chi connectivity index (χ2v) is 8.41. The van der Waals surface area contributed by atoms with Gasteiger partial charge in [-0.2, -0.15) is 0 Å². The van der Waals surface area contributed by atoms with Gasteiger partial charge < -0.3 is 5.32 Å². The molecule has 0 radical (unpaired) electrons. The molecule has 0 aliphatic heterocycles. The average Bonchev–Trinajstić information content (AvgIpc) is 2.87. The largest absolute Gasteiger partial charge is 0.310 e. The van der Waals surface area contributed by atoms with Crippen LogP contribution in [0.4, 0.5) is 0 Å². The molecule has 25 heavy (non-hydrogen) atoms. The Kier molecular flexibility index (Phi) is 8.67. The number of nitrogens with two attached hydrogens (primary N) is 1. The van der Waals surface area contributed by atoms with E-state index in [1.54, 1.807) is 6.92 Å². The fourth-order valence-corrected chi connectivity index (χ4v) is 3.72. The van der Waals surface area contributed by atoms with Gasteiger partial charge in [0, 0.05) is 11.4 Å². The van der Waals surface area contributed by atoms with Crippen LogP contribution in [0, 0.1) is 6.92 Å². The Morgan fingerprint density at radius 1 is 1.28 bits per heavy atom. The van der Waals surface area contributed by atoms with Crippen molar-refractivity contribution < 1.29 is 13.2 Å². The number of halogens is 1. The highest BCUT2D eigenvalue weighted by Crippen LogP contribution is 2.18. The van der Waals surface area contributed by atoms with Crippen LogP contribution < -0.4 is 10.5 Å². The van der Waals surface area contributed by atoms with Gasteiger partial charge >= 0.3 is 0 Å². The van der Waals surface area contributed by atoms with Crippen LogP contribution in [0.5, 0.6) is 0 Å². The van der Waals surface area contributed by atoms with Crippen molar-refractivity contribution in [3.8, 4) is 0 Å². The summed E-state index contributed by atoms with van der Waals surface area (Å²) in [5.41, 5.74) is 1.51. The van der Waals surface area contributed by atoms with Crippen molar-refractivity contribution >= 4 is 39.6 Å². The smallest absolute Gasteiger partial charge is 0.216 e. The number of thiazole rings is 1. The van der Waals surface area contributed by atoms with Gasteiger partial charge in [0.15, 0.2) is 5.78 Å². The van der Waals surface area contributed by atoms with Crippen LogP contribution in [0.1, 0.15) is 32.4 Å². The van der Waals surface area contributed by atoms with E-state index in [1.807, 2.05) is 18.2 Å². The quantitative estimate of drug-likeness (QED) is 0.492. The number of rotatable bonds is 9. The number of primary sulfonamides is 1. The number of aryl methyl sites for hydroxylation is 2. The van der Waals surface area contributed by atoms with Crippen LogP contribution >= 0.6 is 23.7 Å². The Hall–Kier alpha value is -1.32. The van der Waals surface area contributed by atoms with Gasteiger partial charge in [0.05, 0.1) is 0 Å². The molecule has 2 rings (SSSR count). The Labute approximate surface area is 158 Å². The SMILES string of the molecule is Cc1sc(CNCCCc2ccccc2)nc1C(=O)CS(N)(=O)=O.Cl. The summed E-state index contributed by atoms with van der Waals surface area (Å²) in [6.07, 6.45) is 2.01. The van der Waals surface area contributed by atoms with Gasteiger partial charge in [0.25, 0.3) is 0 Å². The van der Waals surface area contributed by atoms with Crippen molar-refractivity contribution in [2.24, 2.45) is 5.14 Å². The van der Waals surface area contributed by atoms with Crippen molar-refractivity contribution in [3.63, 3.8) is 0 Å². The summed E-state index contributed by atoms with van der Waals surface area (Å²) in [7, 11) is -3.83. The number of benzene rings is 1. The van der Waals surface area contributed by atoms with Crippen molar-refractivity contribution in [2.45, 2.75) is 26.3 Å². The number of nitrogens with one attached hydrogen (secondary N) is 1. The molecule has 1 aromatic carbocycles. The standard InChI is InChI=1S/C16H21N3O3S2.ClH/c1-12-16(14(20)11-24(17,21)22)19-15(23-12)10-18-9-5-8-13-6-3-2-4-7-13;/h2-4,6-7,18H,5,8-11H2,1H3,(H2,17,21,22);1H. The first-order valence-electron chi connectivity index (χ1n) is 7.60. The van der Waals surface area contributed by atoms with E-state index in [0.717, 1.165) is 24.4 Å². The summed E-state index contributed by atoms with van der Waals surface area (Å²) >= 11 is 1.39. The van der Waals surface area contributed by atoms with E-state index in [4.69, 9.17) is 5.14 Å². The molecule has 0 spiro atoms. The summed E-state index contributed by atoms with van der Waals surface area (Å²) in [4.78, 5) is 16.8. The van der Waals surface area contributed by atoms with Gasteiger partial charge in [-0.3, -0.25) is 4.79 Å². The Morgan fingerprint density at radius 2 is 1.96 bits per heavy atom. The Morgan fingerprint density at radius 3 is 2.60 bits per heavy atom. The maximum Gasteiger partial charge on any atom is 0.216 e. The molecule has 0 bridgehead atoms. The average molecular weight is 404 g/mol. The van der Waals surface area contributed by atoms with E-state index in [2.05, 4.69) is 22.4 Å². The third-order valence-corrected chi connectivity index (χ3v) is 5.01. The third kappa shape index (κ3) is 7.62. The molecule has 2 aromatic rings. The summed E-state index contributed by atoms with van der Waals surface area (Å²) in [6.45, 7) is 3.16. The minimum atomic E-state index is -3.83. The van der Waals surface area contributed by atoms with Crippen LogP contribution in [-0.4, -0.2) is 31.5 Å². The minimum absolute atomic E-state index is 0. The predicted molar refractivity (Wildman–Crippen MR) is 103 cm³/mol. The third-order valence-electron chi connectivity index (χ3n) is 3.38. The van der Waals surface area contributed by atoms with E-state index in [-0.39, 0.29) is 18.1 Å². The van der Waals surface area contributed by atoms with Crippen LogP contribution in [0.15, 0.2) is 30.3 Å². The summed E-state index contributed by atoms with van der Waals surface area (Å²) in [6, 6.07) is 10.3. The van der Waals surface area contributed by atoms with Crippen LogP contribution in [0.25, 0.3) is 0 Å². The molecule has 0 aliphatic rings. The molecule has 1 aromatic heterocycles. The molecule has 0 amide bonds. The number of carbonyl (C=O) groups excluding carboxylic acids is 1. The highest BCUT2D eigenvalue weighted by molar-refractivity contribution is 7.89. The number of hydrogen-bond acceptors (Lipinski definition) is 6. The first-order valence-corrected chi connectivity index (χ1v) is 10.1. The van der Waals surface area contributed by atoms with Gasteiger partial charge in [-0.25, -0.2) is 18.5 Å². The topological polar surface area (TPSA) is 102 Å². The van der Waals surface area contributed by atoms with E-state index in [0.29, 0.717) is 11.4 Å². The molecular weight excluding hydrogens is 382 g/mol. The molecule has 138 valence electrons. The van der Waals surface area contributed by atoms with E-state index >= 15 is 0 Å². The monoisotopic (exact) mass is 403 g/mol. The predicted octanol–water partition coefficient (Wildman–Crippen LogP) is 2.07. The van der Waals surface area contributed by atoms with Gasteiger partial charge in [-0.1, -0.05) is 30.3 Å². The minimum Gasteiger partial charge on any atom is -0.310 e. The van der Waals surface area contributed by atoms with Crippen molar-refractivity contribution in [1.29, 1.82) is 0 Å². The van der Waals surface area contributed by atoms with Crippen molar-refractivity contribution in [1.82, 2.24) is 10.3 Å². The molecule has 0 aliphatic carbocycles. The van der Waals surface area contributed by atoms with Crippen LogP contribution in [0.3, 0.4) is 0 Å². The van der Waals surface area contributed by atoms with Gasteiger partial charge in [0.2, 0.25) is 10.0 Å². The molecule has 0 unspecified atom stereocenters. The molecule has 6 nitrogen and oxygen atoms in total. The van der Waals surface area contributed by atoms with E-state index in [1.165, 1.54) is 16.9 Å². The maximum absolute atomic E-state index is 11.9. The Balaban J connectivity index is 0.00000312. The lowest BCUT2D eigenvalue weighted by Crippen LogP contribution is -2.24. The van der Waals surface area contributed by atoms with Gasteiger partial charge in [0.1, 0.15) is 16.5 Å². The lowest BCUT2D eigenvalue weighted by molar-refractivity contribution is 0.101. The number of sulfonamides is 1. The van der Waals surface area contributed by atoms with Gasteiger partial charge in [-0.15, -0.1) is 23.7 Å².